The maximum atomic E-state index is 10.4. The van der Waals surface area contributed by atoms with Crippen molar-refractivity contribution in [2.24, 2.45) is 17.6 Å². The Labute approximate surface area is 85.3 Å². The monoisotopic (exact) mass is 196 g/mol. The standard InChI is InChI=1S/C11H20N2O/c12-7-11(14)8-1-2-9(11)6-13(5-8)10-3-4-10/h8-10,14H,1-7,12H2. The van der Waals surface area contributed by atoms with Crippen LogP contribution in [-0.2, 0) is 0 Å². The third-order valence-electron chi connectivity index (χ3n) is 4.58. The van der Waals surface area contributed by atoms with E-state index in [1.54, 1.807) is 0 Å². The molecule has 2 atom stereocenters. The van der Waals surface area contributed by atoms with Crippen molar-refractivity contribution in [3.63, 3.8) is 0 Å². The van der Waals surface area contributed by atoms with E-state index >= 15 is 0 Å². The lowest BCUT2D eigenvalue weighted by Crippen LogP contribution is -2.57. The van der Waals surface area contributed by atoms with Crippen LogP contribution in [-0.4, -0.2) is 41.3 Å². The number of nitrogens with zero attached hydrogens (tertiary/aromatic N) is 1. The van der Waals surface area contributed by atoms with Crippen molar-refractivity contribution in [1.29, 1.82) is 0 Å². The van der Waals surface area contributed by atoms with Gasteiger partial charge in [-0.25, -0.2) is 0 Å². The van der Waals surface area contributed by atoms with Crippen molar-refractivity contribution in [3.8, 4) is 0 Å². The quantitative estimate of drug-likeness (QED) is 0.662. The van der Waals surface area contributed by atoms with Crippen LogP contribution in [0.3, 0.4) is 0 Å². The molecule has 3 fully saturated rings. The van der Waals surface area contributed by atoms with E-state index in [0.717, 1.165) is 19.1 Å². The van der Waals surface area contributed by atoms with Gasteiger partial charge in [0.2, 0.25) is 0 Å². The first-order chi connectivity index (χ1) is 6.74. The molecule has 80 valence electrons. The number of hydrogen-bond donors (Lipinski definition) is 2. The van der Waals surface area contributed by atoms with Crippen LogP contribution in [0, 0.1) is 11.8 Å². The molecule has 14 heavy (non-hydrogen) atoms. The minimum atomic E-state index is -0.522. The van der Waals surface area contributed by atoms with E-state index in [9.17, 15) is 5.11 Å². The Kier molecular flexibility index (Phi) is 1.92. The van der Waals surface area contributed by atoms with Gasteiger partial charge in [-0.2, -0.15) is 0 Å². The summed E-state index contributed by atoms with van der Waals surface area (Å²) < 4.78 is 0. The second-order valence-electron chi connectivity index (χ2n) is 5.35. The molecule has 1 heterocycles. The van der Waals surface area contributed by atoms with Gasteiger partial charge < -0.3 is 10.8 Å². The van der Waals surface area contributed by atoms with Crippen LogP contribution in [0.25, 0.3) is 0 Å². The van der Waals surface area contributed by atoms with Gasteiger partial charge in [-0.05, 0) is 25.7 Å². The average molecular weight is 196 g/mol. The summed E-state index contributed by atoms with van der Waals surface area (Å²) >= 11 is 0. The minimum Gasteiger partial charge on any atom is -0.388 e. The molecule has 3 heteroatoms. The molecule has 0 spiro atoms. The maximum absolute atomic E-state index is 10.4. The lowest BCUT2D eigenvalue weighted by molar-refractivity contribution is -0.0777. The number of nitrogens with two attached hydrogens (primary N) is 1. The molecule has 2 aliphatic carbocycles. The number of likely N-dealkylation sites (tertiary alicyclic amines) is 1. The van der Waals surface area contributed by atoms with Crippen molar-refractivity contribution in [1.82, 2.24) is 4.90 Å². The molecular formula is C11H20N2O. The van der Waals surface area contributed by atoms with Gasteiger partial charge >= 0.3 is 0 Å². The van der Waals surface area contributed by atoms with Crippen LogP contribution in [0.5, 0.6) is 0 Å². The summed E-state index contributed by atoms with van der Waals surface area (Å²) in [6.07, 6.45) is 5.12. The highest BCUT2D eigenvalue weighted by molar-refractivity contribution is 5.06. The molecule has 1 saturated heterocycles. The molecule has 3 rings (SSSR count). The van der Waals surface area contributed by atoms with E-state index in [-0.39, 0.29) is 0 Å². The number of aliphatic hydroxyl groups is 1. The first kappa shape index (κ1) is 9.13. The Bertz CT molecular complexity index is 225. The number of fused-ring (bicyclic) bond motifs is 2. The second kappa shape index (κ2) is 2.94. The summed E-state index contributed by atoms with van der Waals surface area (Å²) in [7, 11) is 0. The molecule has 0 aromatic rings. The van der Waals surface area contributed by atoms with E-state index < -0.39 is 5.60 Å². The zero-order valence-electron chi connectivity index (χ0n) is 8.65. The lowest BCUT2D eigenvalue weighted by atomic mass is 9.80. The van der Waals surface area contributed by atoms with Crippen molar-refractivity contribution >= 4 is 0 Å². The van der Waals surface area contributed by atoms with Crippen LogP contribution in [0.1, 0.15) is 25.7 Å². The third-order valence-corrected chi connectivity index (χ3v) is 4.58. The smallest absolute Gasteiger partial charge is 0.0849 e. The molecule has 1 aliphatic heterocycles. The molecule has 3 aliphatic rings. The molecule has 0 radical (unpaired) electrons. The van der Waals surface area contributed by atoms with Crippen LogP contribution in [0.15, 0.2) is 0 Å². The van der Waals surface area contributed by atoms with Crippen molar-refractivity contribution < 1.29 is 5.11 Å². The second-order valence-corrected chi connectivity index (χ2v) is 5.35. The fourth-order valence-corrected chi connectivity index (χ4v) is 3.45. The van der Waals surface area contributed by atoms with E-state index in [1.165, 1.54) is 25.7 Å². The van der Waals surface area contributed by atoms with Crippen LogP contribution in [0.2, 0.25) is 0 Å². The normalized spacial score (nSPS) is 48.4. The molecule has 2 unspecified atom stereocenters. The summed E-state index contributed by atoms with van der Waals surface area (Å²) in [6.45, 7) is 2.64. The zero-order chi connectivity index (χ0) is 9.76. The summed E-state index contributed by atoms with van der Waals surface area (Å²) in [5, 5.41) is 10.4. The lowest BCUT2D eigenvalue weighted by Gasteiger charge is -2.44. The van der Waals surface area contributed by atoms with Gasteiger partial charge in [0.25, 0.3) is 0 Å². The van der Waals surface area contributed by atoms with Gasteiger partial charge in [0.1, 0.15) is 0 Å². The molecular weight excluding hydrogens is 176 g/mol. The number of piperidine rings is 1. The summed E-state index contributed by atoms with van der Waals surface area (Å²) in [5.74, 6) is 0.902. The maximum Gasteiger partial charge on any atom is 0.0849 e. The third kappa shape index (κ3) is 1.16. The van der Waals surface area contributed by atoms with Gasteiger partial charge in [0, 0.05) is 37.5 Å². The molecule has 0 aromatic carbocycles. The molecule has 0 amide bonds. The predicted molar refractivity (Wildman–Crippen MR) is 54.8 cm³/mol. The summed E-state index contributed by atoms with van der Waals surface area (Å²) in [6, 6.07) is 0.848. The van der Waals surface area contributed by atoms with E-state index in [2.05, 4.69) is 4.90 Å². The summed E-state index contributed by atoms with van der Waals surface area (Å²) in [5.41, 5.74) is 5.20. The first-order valence-electron chi connectivity index (χ1n) is 5.90. The summed E-state index contributed by atoms with van der Waals surface area (Å²) in [4.78, 5) is 2.59. The van der Waals surface area contributed by atoms with Crippen molar-refractivity contribution in [3.05, 3.63) is 0 Å². The Morgan fingerprint density at radius 2 is 1.71 bits per heavy atom. The van der Waals surface area contributed by atoms with E-state index in [1.807, 2.05) is 0 Å². The fraction of sp³-hybridized carbons (Fsp3) is 1.00. The van der Waals surface area contributed by atoms with Gasteiger partial charge in [-0.1, -0.05) is 0 Å². The minimum absolute atomic E-state index is 0.451. The zero-order valence-corrected chi connectivity index (χ0v) is 8.65. The average Bonchev–Trinajstić information content (AvgIpc) is 2.99. The Hall–Kier alpha value is -0.120. The van der Waals surface area contributed by atoms with Crippen molar-refractivity contribution in [2.45, 2.75) is 37.3 Å². The largest absolute Gasteiger partial charge is 0.388 e. The van der Waals surface area contributed by atoms with Gasteiger partial charge in [-0.15, -0.1) is 0 Å². The highest BCUT2D eigenvalue weighted by Crippen LogP contribution is 2.46. The fourth-order valence-electron chi connectivity index (χ4n) is 3.45. The van der Waals surface area contributed by atoms with Crippen LogP contribution >= 0.6 is 0 Å². The number of hydrogen-bond acceptors (Lipinski definition) is 3. The first-order valence-corrected chi connectivity index (χ1v) is 5.90. The van der Waals surface area contributed by atoms with Gasteiger partial charge in [-0.3, -0.25) is 4.90 Å². The molecule has 3 nitrogen and oxygen atoms in total. The molecule has 2 bridgehead atoms. The van der Waals surface area contributed by atoms with Crippen LogP contribution < -0.4 is 5.73 Å². The Balaban J connectivity index is 1.78. The SMILES string of the molecule is NCC1(O)C2CCC1CN(C1CC1)C2. The highest BCUT2D eigenvalue weighted by atomic mass is 16.3. The van der Waals surface area contributed by atoms with E-state index in [0.29, 0.717) is 18.4 Å². The molecule has 2 saturated carbocycles. The predicted octanol–water partition coefficient (Wildman–Crippen LogP) is 0.180. The van der Waals surface area contributed by atoms with Gasteiger partial charge in [0.15, 0.2) is 0 Å². The topological polar surface area (TPSA) is 49.5 Å². The Morgan fingerprint density at radius 3 is 2.14 bits per heavy atom. The highest BCUT2D eigenvalue weighted by Gasteiger charge is 2.53. The van der Waals surface area contributed by atoms with E-state index in [4.69, 9.17) is 5.73 Å². The number of rotatable bonds is 2. The Morgan fingerprint density at radius 1 is 1.14 bits per heavy atom. The van der Waals surface area contributed by atoms with Crippen molar-refractivity contribution in [2.75, 3.05) is 19.6 Å². The van der Waals surface area contributed by atoms with Gasteiger partial charge in [0.05, 0.1) is 5.60 Å². The molecule has 3 N–H and O–H groups in total. The molecule has 0 aromatic heterocycles. The van der Waals surface area contributed by atoms with Crippen LogP contribution in [0.4, 0.5) is 0 Å².